The molecule has 2 amide bonds. The van der Waals surface area contributed by atoms with Gasteiger partial charge in [-0.2, -0.15) is 0 Å². The van der Waals surface area contributed by atoms with Gasteiger partial charge in [-0.05, 0) is 18.9 Å². The number of hydrogen-bond donors (Lipinski definition) is 0. The molecule has 23 heavy (non-hydrogen) atoms. The van der Waals surface area contributed by atoms with Gasteiger partial charge in [0, 0.05) is 44.4 Å². The molecule has 0 aromatic carbocycles. The number of hydrogen-bond acceptors (Lipinski definition) is 3. The van der Waals surface area contributed by atoms with Gasteiger partial charge in [0.1, 0.15) is 5.15 Å². The number of aromatic nitrogens is 1. The van der Waals surface area contributed by atoms with Crippen molar-refractivity contribution in [1.29, 1.82) is 0 Å². The Morgan fingerprint density at radius 3 is 2.87 bits per heavy atom. The number of amides is 2. The lowest BCUT2D eigenvalue weighted by molar-refractivity contribution is -0.135. The third-order valence-electron chi connectivity index (χ3n) is 4.89. The second-order valence-corrected chi connectivity index (χ2v) is 6.89. The molecule has 1 saturated heterocycles. The monoisotopic (exact) mass is 335 g/mol. The summed E-state index contributed by atoms with van der Waals surface area (Å²) in [6.45, 7) is 0.979. The van der Waals surface area contributed by atoms with E-state index >= 15 is 0 Å². The first-order valence-corrected chi connectivity index (χ1v) is 8.58. The minimum Gasteiger partial charge on any atom is -0.341 e. The van der Waals surface area contributed by atoms with Crippen LogP contribution in [0.15, 0.2) is 18.3 Å². The van der Waals surface area contributed by atoms with Gasteiger partial charge < -0.3 is 9.80 Å². The van der Waals surface area contributed by atoms with E-state index in [-0.39, 0.29) is 17.7 Å². The molecular weight excluding hydrogens is 314 g/mol. The van der Waals surface area contributed by atoms with Crippen molar-refractivity contribution in [1.82, 2.24) is 14.8 Å². The van der Waals surface area contributed by atoms with Gasteiger partial charge in [-0.3, -0.25) is 9.59 Å². The van der Waals surface area contributed by atoms with Gasteiger partial charge in [0.2, 0.25) is 11.8 Å². The molecule has 0 N–H and O–H groups in total. The summed E-state index contributed by atoms with van der Waals surface area (Å²) in [7, 11) is 1.76. The summed E-state index contributed by atoms with van der Waals surface area (Å²) in [4.78, 5) is 32.5. The summed E-state index contributed by atoms with van der Waals surface area (Å²) in [6, 6.07) is 4.02. The number of nitrogens with zero attached hydrogens (tertiary/aromatic N) is 3. The van der Waals surface area contributed by atoms with Gasteiger partial charge in [-0.1, -0.05) is 30.5 Å². The molecule has 1 atom stereocenters. The Kier molecular flexibility index (Phi) is 4.85. The number of rotatable bonds is 4. The van der Waals surface area contributed by atoms with E-state index in [4.69, 9.17) is 11.6 Å². The Labute approximate surface area is 141 Å². The maximum absolute atomic E-state index is 12.7. The second-order valence-electron chi connectivity index (χ2n) is 6.53. The Bertz CT molecular complexity index is 601. The zero-order valence-electron chi connectivity index (χ0n) is 13.4. The zero-order valence-corrected chi connectivity index (χ0v) is 14.1. The van der Waals surface area contributed by atoms with Crippen LogP contribution in [0.4, 0.5) is 0 Å². The SMILES string of the molecule is CN(Cc1cccnc1Cl)C(=O)[C@H]1CC(=O)N(C2CCCC2)C1. The summed E-state index contributed by atoms with van der Waals surface area (Å²) in [5.41, 5.74) is 0.821. The Morgan fingerprint density at radius 2 is 2.17 bits per heavy atom. The van der Waals surface area contributed by atoms with E-state index in [1.165, 1.54) is 12.8 Å². The first-order chi connectivity index (χ1) is 11.1. The fourth-order valence-corrected chi connectivity index (χ4v) is 3.83. The Balaban J connectivity index is 1.61. The minimum absolute atomic E-state index is 0.0127. The summed E-state index contributed by atoms with van der Waals surface area (Å²) in [5.74, 6) is -0.0922. The van der Waals surface area contributed by atoms with Crippen molar-refractivity contribution in [2.75, 3.05) is 13.6 Å². The highest BCUT2D eigenvalue weighted by Crippen LogP contribution is 2.30. The third kappa shape index (κ3) is 3.50. The molecule has 124 valence electrons. The van der Waals surface area contributed by atoms with Gasteiger partial charge in [-0.15, -0.1) is 0 Å². The summed E-state index contributed by atoms with van der Waals surface area (Å²) < 4.78 is 0. The predicted octanol–water partition coefficient (Wildman–Crippen LogP) is 2.48. The maximum atomic E-state index is 12.7. The van der Waals surface area contributed by atoms with Crippen LogP contribution in [0.5, 0.6) is 0 Å². The van der Waals surface area contributed by atoms with Crippen molar-refractivity contribution < 1.29 is 9.59 Å². The first kappa shape index (κ1) is 16.2. The third-order valence-corrected chi connectivity index (χ3v) is 5.23. The van der Waals surface area contributed by atoms with Gasteiger partial charge in [0.25, 0.3) is 0 Å². The van der Waals surface area contributed by atoms with Crippen LogP contribution in [0.25, 0.3) is 0 Å². The number of carbonyl (C=O) groups excluding carboxylic acids is 2. The average molecular weight is 336 g/mol. The summed E-state index contributed by atoms with van der Waals surface area (Å²) in [5, 5.41) is 0.419. The molecule has 1 aliphatic carbocycles. The Hall–Kier alpha value is -1.62. The summed E-state index contributed by atoms with van der Waals surface area (Å²) in [6.07, 6.45) is 6.49. The van der Waals surface area contributed by atoms with E-state index in [1.54, 1.807) is 24.2 Å². The van der Waals surface area contributed by atoms with Crippen molar-refractivity contribution in [3.05, 3.63) is 29.0 Å². The van der Waals surface area contributed by atoms with Crippen LogP contribution in [0.2, 0.25) is 5.15 Å². The average Bonchev–Trinajstić information content (AvgIpc) is 3.18. The number of pyridine rings is 1. The standard InChI is InChI=1S/C17H22ClN3O2/c1-20(10-12-5-4-8-19-16(12)18)17(23)13-9-15(22)21(11-13)14-6-2-3-7-14/h4-5,8,13-14H,2-3,6-7,9-11H2,1H3/t13-/m0/s1. The van der Waals surface area contributed by atoms with Crippen LogP contribution in [0.3, 0.4) is 0 Å². The molecule has 1 aromatic heterocycles. The van der Waals surface area contributed by atoms with Crippen molar-refractivity contribution in [2.24, 2.45) is 5.92 Å². The van der Waals surface area contributed by atoms with Crippen LogP contribution < -0.4 is 0 Å². The molecule has 1 aliphatic heterocycles. The lowest BCUT2D eigenvalue weighted by Gasteiger charge is -2.25. The topological polar surface area (TPSA) is 53.5 Å². The quantitative estimate of drug-likeness (QED) is 0.794. The first-order valence-electron chi connectivity index (χ1n) is 8.20. The van der Waals surface area contributed by atoms with Crippen molar-refractivity contribution in [3.8, 4) is 0 Å². The van der Waals surface area contributed by atoms with E-state index in [1.807, 2.05) is 11.0 Å². The molecular formula is C17H22ClN3O2. The van der Waals surface area contributed by atoms with E-state index in [2.05, 4.69) is 4.98 Å². The fourth-order valence-electron chi connectivity index (χ4n) is 3.65. The van der Waals surface area contributed by atoms with Crippen LogP contribution >= 0.6 is 11.6 Å². The van der Waals surface area contributed by atoms with Crippen molar-refractivity contribution >= 4 is 23.4 Å². The molecule has 1 aromatic rings. The molecule has 0 unspecified atom stereocenters. The molecule has 2 heterocycles. The predicted molar refractivity (Wildman–Crippen MR) is 87.8 cm³/mol. The smallest absolute Gasteiger partial charge is 0.228 e. The van der Waals surface area contributed by atoms with E-state index in [9.17, 15) is 9.59 Å². The van der Waals surface area contributed by atoms with Gasteiger partial charge in [-0.25, -0.2) is 4.98 Å². The summed E-state index contributed by atoms with van der Waals surface area (Å²) >= 11 is 6.05. The van der Waals surface area contributed by atoms with E-state index in [0.717, 1.165) is 18.4 Å². The molecule has 3 rings (SSSR count). The van der Waals surface area contributed by atoms with Crippen molar-refractivity contribution in [3.63, 3.8) is 0 Å². The zero-order chi connectivity index (χ0) is 16.4. The van der Waals surface area contributed by atoms with E-state index in [0.29, 0.717) is 30.7 Å². The largest absolute Gasteiger partial charge is 0.341 e. The van der Waals surface area contributed by atoms with Gasteiger partial charge >= 0.3 is 0 Å². The molecule has 0 bridgehead atoms. The molecule has 1 saturated carbocycles. The van der Waals surface area contributed by atoms with Crippen LogP contribution in [-0.4, -0.2) is 46.2 Å². The van der Waals surface area contributed by atoms with Crippen LogP contribution in [-0.2, 0) is 16.1 Å². The second kappa shape index (κ2) is 6.87. The molecule has 0 spiro atoms. The maximum Gasteiger partial charge on any atom is 0.228 e. The van der Waals surface area contributed by atoms with E-state index < -0.39 is 0 Å². The molecule has 5 nitrogen and oxygen atoms in total. The highest BCUT2D eigenvalue weighted by molar-refractivity contribution is 6.30. The van der Waals surface area contributed by atoms with Crippen molar-refractivity contribution in [2.45, 2.75) is 44.7 Å². The Morgan fingerprint density at radius 1 is 1.43 bits per heavy atom. The van der Waals surface area contributed by atoms with Gasteiger partial charge in [0.15, 0.2) is 0 Å². The fraction of sp³-hybridized carbons (Fsp3) is 0.588. The number of carbonyl (C=O) groups is 2. The molecule has 2 fully saturated rings. The highest BCUT2D eigenvalue weighted by atomic mass is 35.5. The van der Waals surface area contributed by atoms with Crippen LogP contribution in [0.1, 0.15) is 37.7 Å². The normalized spacial score (nSPS) is 21.9. The number of likely N-dealkylation sites (tertiary alicyclic amines) is 1. The molecule has 0 radical (unpaired) electrons. The van der Waals surface area contributed by atoms with Crippen LogP contribution in [0, 0.1) is 5.92 Å². The lowest BCUT2D eigenvalue weighted by Crippen LogP contribution is -2.37. The molecule has 2 aliphatic rings. The number of halogens is 1. The molecule has 6 heteroatoms. The minimum atomic E-state index is -0.233. The van der Waals surface area contributed by atoms with Gasteiger partial charge in [0.05, 0.1) is 5.92 Å². The lowest BCUT2D eigenvalue weighted by atomic mass is 10.1. The highest BCUT2D eigenvalue weighted by Gasteiger charge is 2.39.